The number of rotatable bonds is 6. The second-order valence-electron chi connectivity index (χ2n) is 9.03. The maximum absolute atomic E-state index is 12.7. The zero-order valence-electron chi connectivity index (χ0n) is 18.9. The van der Waals surface area contributed by atoms with Crippen LogP contribution in [-0.2, 0) is 26.8 Å². The summed E-state index contributed by atoms with van der Waals surface area (Å²) in [5.41, 5.74) is 1.98. The van der Waals surface area contributed by atoms with Crippen LogP contribution in [0.25, 0.3) is 0 Å². The molecule has 0 bridgehead atoms. The first kappa shape index (κ1) is 23.4. The summed E-state index contributed by atoms with van der Waals surface area (Å²) in [4.78, 5) is 12.9. The summed E-state index contributed by atoms with van der Waals surface area (Å²) in [6, 6.07) is 8.44. The van der Waals surface area contributed by atoms with Crippen molar-refractivity contribution in [3.63, 3.8) is 0 Å². The molecule has 1 N–H and O–H groups in total. The number of hydrogen-bond acceptors (Lipinski definition) is 5. The molecule has 0 radical (unpaired) electrons. The number of aromatic nitrogens is 2. The van der Waals surface area contributed by atoms with Gasteiger partial charge in [-0.2, -0.15) is 9.40 Å². The fraction of sp³-hybridized carbons (Fsp3) is 0.545. The highest BCUT2D eigenvalue weighted by Crippen LogP contribution is 2.23. The zero-order chi connectivity index (χ0) is 22.8. The van der Waals surface area contributed by atoms with Crippen LogP contribution >= 0.6 is 0 Å². The van der Waals surface area contributed by atoms with Crippen LogP contribution in [0.4, 0.5) is 0 Å². The normalized spacial score (nSPS) is 15.9. The first-order chi connectivity index (χ1) is 14.5. The summed E-state index contributed by atoms with van der Waals surface area (Å²) < 4.78 is 34.0. The van der Waals surface area contributed by atoms with Crippen molar-refractivity contribution >= 4 is 15.9 Å². The Morgan fingerprint density at radius 2 is 1.77 bits per heavy atom. The molecule has 170 valence electrons. The van der Waals surface area contributed by atoms with E-state index in [1.165, 1.54) is 4.31 Å². The number of carbonyl (C=O) groups is 1. The van der Waals surface area contributed by atoms with E-state index in [9.17, 15) is 13.2 Å². The Morgan fingerprint density at radius 1 is 1.16 bits per heavy atom. The smallest absolute Gasteiger partial charge is 0.272 e. The molecule has 1 amide bonds. The summed E-state index contributed by atoms with van der Waals surface area (Å²) in [7, 11) is -3.52. The SMILES string of the molecule is CC(C)c1cc(C(=O)NCc2ccc(S(=O)(=O)N3CCOCC3)cc2)nn1C(C)(C)C. The quantitative estimate of drug-likeness (QED) is 0.733. The number of hydrogen-bond donors (Lipinski definition) is 1. The minimum atomic E-state index is -3.52. The molecule has 0 spiro atoms. The molecule has 2 heterocycles. The van der Waals surface area contributed by atoms with Crippen molar-refractivity contribution in [3.8, 4) is 0 Å². The third kappa shape index (κ3) is 5.34. The van der Waals surface area contributed by atoms with E-state index in [0.29, 0.717) is 32.0 Å². The van der Waals surface area contributed by atoms with Crippen LogP contribution in [0.2, 0.25) is 0 Å². The molecule has 3 rings (SSSR count). The Bertz CT molecular complexity index is 1010. The van der Waals surface area contributed by atoms with Gasteiger partial charge in [0.2, 0.25) is 10.0 Å². The molecule has 1 fully saturated rings. The average molecular weight is 449 g/mol. The molecule has 9 heteroatoms. The molecule has 1 aromatic carbocycles. The molecule has 0 unspecified atom stereocenters. The Hall–Kier alpha value is -2.23. The zero-order valence-corrected chi connectivity index (χ0v) is 19.7. The van der Waals surface area contributed by atoms with Crippen LogP contribution in [-0.4, -0.2) is 54.7 Å². The fourth-order valence-corrected chi connectivity index (χ4v) is 4.85. The van der Waals surface area contributed by atoms with Gasteiger partial charge in [-0.25, -0.2) is 8.42 Å². The van der Waals surface area contributed by atoms with Crippen LogP contribution < -0.4 is 5.32 Å². The van der Waals surface area contributed by atoms with Gasteiger partial charge >= 0.3 is 0 Å². The van der Waals surface area contributed by atoms with Gasteiger partial charge in [-0.1, -0.05) is 26.0 Å². The van der Waals surface area contributed by atoms with Crippen LogP contribution in [0.15, 0.2) is 35.2 Å². The molecule has 2 aromatic rings. The topological polar surface area (TPSA) is 93.5 Å². The van der Waals surface area contributed by atoms with Crippen LogP contribution in [0.3, 0.4) is 0 Å². The van der Waals surface area contributed by atoms with E-state index in [-0.39, 0.29) is 28.8 Å². The van der Waals surface area contributed by atoms with E-state index in [2.05, 4.69) is 45.0 Å². The maximum atomic E-state index is 12.7. The van der Waals surface area contributed by atoms with E-state index in [1.807, 2.05) is 10.7 Å². The van der Waals surface area contributed by atoms with Crippen molar-refractivity contribution in [3.05, 3.63) is 47.3 Å². The Labute approximate surface area is 184 Å². The average Bonchev–Trinajstić information content (AvgIpc) is 3.20. The van der Waals surface area contributed by atoms with Gasteiger partial charge in [-0.05, 0) is 50.5 Å². The van der Waals surface area contributed by atoms with Crippen molar-refractivity contribution in [2.45, 2.75) is 57.5 Å². The molecule has 8 nitrogen and oxygen atoms in total. The third-order valence-corrected chi connectivity index (χ3v) is 7.09. The van der Waals surface area contributed by atoms with Gasteiger partial charge in [0.15, 0.2) is 0 Å². The lowest BCUT2D eigenvalue weighted by atomic mass is 10.1. The van der Waals surface area contributed by atoms with E-state index in [1.54, 1.807) is 24.3 Å². The number of amides is 1. The lowest BCUT2D eigenvalue weighted by molar-refractivity contribution is 0.0730. The highest BCUT2D eigenvalue weighted by Gasteiger charge is 2.26. The van der Waals surface area contributed by atoms with Crippen LogP contribution in [0.1, 0.15) is 62.3 Å². The highest BCUT2D eigenvalue weighted by atomic mass is 32.2. The molecule has 0 atom stereocenters. The summed E-state index contributed by atoms with van der Waals surface area (Å²) in [5.74, 6) is -0.0100. The van der Waals surface area contributed by atoms with E-state index in [4.69, 9.17) is 4.74 Å². The second kappa shape index (κ2) is 9.10. The predicted molar refractivity (Wildman–Crippen MR) is 119 cm³/mol. The minimum Gasteiger partial charge on any atom is -0.379 e. The number of ether oxygens (including phenoxy) is 1. The molecule has 1 aliphatic heterocycles. The molecule has 1 aliphatic rings. The molecular weight excluding hydrogens is 416 g/mol. The fourth-order valence-electron chi connectivity index (χ4n) is 3.44. The number of nitrogens with one attached hydrogen (secondary N) is 1. The third-order valence-electron chi connectivity index (χ3n) is 5.18. The van der Waals surface area contributed by atoms with E-state index in [0.717, 1.165) is 11.3 Å². The largest absolute Gasteiger partial charge is 0.379 e. The molecule has 31 heavy (non-hydrogen) atoms. The van der Waals surface area contributed by atoms with E-state index >= 15 is 0 Å². The van der Waals surface area contributed by atoms with Crippen molar-refractivity contribution in [2.75, 3.05) is 26.3 Å². The Balaban J connectivity index is 1.67. The van der Waals surface area contributed by atoms with Gasteiger partial charge in [0.05, 0.1) is 23.6 Å². The van der Waals surface area contributed by atoms with Gasteiger partial charge in [0.1, 0.15) is 5.69 Å². The molecule has 0 saturated carbocycles. The van der Waals surface area contributed by atoms with Gasteiger partial charge in [0.25, 0.3) is 5.91 Å². The van der Waals surface area contributed by atoms with Gasteiger partial charge in [-0.3, -0.25) is 9.48 Å². The Kier molecular flexibility index (Phi) is 6.88. The second-order valence-corrected chi connectivity index (χ2v) is 11.0. The first-order valence-electron chi connectivity index (χ1n) is 10.6. The van der Waals surface area contributed by atoms with Crippen LogP contribution in [0, 0.1) is 0 Å². The van der Waals surface area contributed by atoms with Crippen molar-refractivity contribution in [1.82, 2.24) is 19.4 Å². The number of benzene rings is 1. The van der Waals surface area contributed by atoms with Gasteiger partial charge in [-0.15, -0.1) is 0 Å². The number of sulfonamides is 1. The standard InChI is InChI=1S/C22H32N4O4S/c1-16(2)20-14-19(24-26(20)22(3,4)5)21(27)23-15-17-6-8-18(9-7-17)31(28,29)25-10-12-30-13-11-25/h6-9,14,16H,10-13,15H2,1-5H3,(H,23,27). The lowest BCUT2D eigenvalue weighted by Crippen LogP contribution is -2.40. The van der Waals surface area contributed by atoms with Crippen molar-refractivity contribution < 1.29 is 17.9 Å². The molecule has 1 saturated heterocycles. The number of nitrogens with zero attached hydrogens (tertiary/aromatic N) is 3. The minimum absolute atomic E-state index is 0.222. The van der Waals surface area contributed by atoms with Gasteiger partial charge in [0, 0.05) is 25.3 Å². The molecular formula is C22H32N4O4S. The molecule has 1 aromatic heterocycles. The summed E-state index contributed by atoms with van der Waals surface area (Å²) in [6.07, 6.45) is 0. The van der Waals surface area contributed by atoms with E-state index < -0.39 is 10.0 Å². The number of carbonyl (C=O) groups excluding carboxylic acids is 1. The van der Waals surface area contributed by atoms with Crippen LogP contribution in [0.5, 0.6) is 0 Å². The lowest BCUT2D eigenvalue weighted by Gasteiger charge is -2.26. The highest BCUT2D eigenvalue weighted by molar-refractivity contribution is 7.89. The summed E-state index contributed by atoms with van der Waals surface area (Å²) in [6.45, 7) is 12.1. The predicted octanol–water partition coefficient (Wildman–Crippen LogP) is 2.71. The molecule has 0 aliphatic carbocycles. The Morgan fingerprint density at radius 3 is 2.29 bits per heavy atom. The van der Waals surface area contributed by atoms with Crippen molar-refractivity contribution in [2.24, 2.45) is 0 Å². The maximum Gasteiger partial charge on any atom is 0.272 e. The van der Waals surface area contributed by atoms with Crippen molar-refractivity contribution in [1.29, 1.82) is 0 Å². The monoisotopic (exact) mass is 448 g/mol. The number of morpholine rings is 1. The van der Waals surface area contributed by atoms with Gasteiger partial charge < -0.3 is 10.1 Å². The summed E-state index contributed by atoms with van der Waals surface area (Å²) in [5, 5.41) is 7.40. The summed E-state index contributed by atoms with van der Waals surface area (Å²) >= 11 is 0. The first-order valence-corrected chi connectivity index (χ1v) is 12.0.